The van der Waals surface area contributed by atoms with Crippen LogP contribution in [0.3, 0.4) is 0 Å². The Morgan fingerprint density at radius 1 is 0.762 bits per heavy atom. The third kappa shape index (κ3) is 2.91. The van der Waals surface area contributed by atoms with E-state index in [1.165, 1.54) is 33.4 Å². The van der Waals surface area contributed by atoms with Gasteiger partial charge >= 0.3 is 0 Å². The first-order valence-electron chi connectivity index (χ1n) is 7.22. The smallest absolute Gasteiger partial charge is 0.123 e. The molecular formula is C19H22BrF. The monoisotopic (exact) mass is 348 g/mol. The lowest BCUT2D eigenvalue weighted by molar-refractivity contribution is 0.624. The zero-order chi connectivity index (χ0) is 15.9. The minimum Gasteiger partial charge on any atom is -0.207 e. The van der Waals surface area contributed by atoms with Crippen LogP contribution in [0.5, 0.6) is 0 Å². The van der Waals surface area contributed by atoms with Crippen LogP contribution in [0.2, 0.25) is 0 Å². The maximum atomic E-state index is 13.7. The second-order valence-corrected chi connectivity index (χ2v) is 6.88. The highest BCUT2D eigenvalue weighted by Crippen LogP contribution is 2.39. The molecule has 0 heterocycles. The van der Waals surface area contributed by atoms with E-state index in [2.05, 4.69) is 50.5 Å². The summed E-state index contributed by atoms with van der Waals surface area (Å²) in [5, 5.41) is 0. The summed E-state index contributed by atoms with van der Waals surface area (Å²) in [4.78, 5) is 0.0184. The molecule has 0 nitrogen and oxygen atoms in total. The minimum absolute atomic E-state index is 0.0184. The lowest BCUT2D eigenvalue weighted by Crippen LogP contribution is -2.06. The second kappa shape index (κ2) is 5.92. The van der Waals surface area contributed by atoms with Crippen LogP contribution in [0, 0.1) is 47.4 Å². The minimum atomic E-state index is -0.176. The van der Waals surface area contributed by atoms with E-state index in [9.17, 15) is 4.39 Å². The summed E-state index contributed by atoms with van der Waals surface area (Å²) in [6, 6.07) is 5.23. The fraction of sp³-hybridized carbons (Fsp3) is 0.368. The summed E-state index contributed by atoms with van der Waals surface area (Å²) >= 11 is 3.79. The Kier molecular flexibility index (Phi) is 4.57. The van der Waals surface area contributed by atoms with Gasteiger partial charge in [0.25, 0.3) is 0 Å². The van der Waals surface area contributed by atoms with E-state index in [0.29, 0.717) is 0 Å². The summed E-state index contributed by atoms with van der Waals surface area (Å²) in [5.74, 6) is -0.176. The van der Waals surface area contributed by atoms with Gasteiger partial charge in [-0.3, -0.25) is 0 Å². The van der Waals surface area contributed by atoms with Crippen LogP contribution in [0.1, 0.15) is 49.3 Å². The van der Waals surface area contributed by atoms with Gasteiger partial charge in [0.15, 0.2) is 0 Å². The first kappa shape index (κ1) is 16.2. The first-order chi connectivity index (χ1) is 9.73. The van der Waals surface area contributed by atoms with Gasteiger partial charge in [-0.05, 0) is 98.2 Å². The molecule has 0 aliphatic rings. The molecule has 1 atom stereocenters. The Labute approximate surface area is 135 Å². The van der Waals surface area contributed by atoms with Crippen LogP contribution in [0.4, 0.5) is 4.39 Å². The van der Waals surface area contributed by atoms with Crippen molar-refractivity contribution in [1.29, 1.82) is 0 Å². The third-order valence-corrected chi connectivity index (χ3v) is 5.66. The topological polar surface area (TPSA) is 0 Å². The fourth-order valence-electron chi connectivity index (χ4n) is 2.99. The van der Waals surface area contributed by atoms with Gasteiger partial charge < -0.3 is 0 Å². The van der Waals surface area contributed by atoms with Crippen LogP contribution in [0.15, 0.2) is 18.2 Å². The molecule has 112 valence electrons. The van der Waals surface area contributed by atoms with Gasteiger partial charge in [0.1, 0.15) is 5.82 Å². The van der Waals surface area contributed by atoms with E-state index >= 15 is 0 Å². The third-order valence-electron chi connectivity index (χ3n) is 4.67. The lowest BCUT2D eigenvalue weighted by Gasteiger charge is -2.23. The van der Waals surface area contributed by atoms with E-state index in [4.69, 9.17) is 0 Å². The SMILES string of the molecule is Cc1cc(F)cc(C(Br)c2c(C)c(C)c(C)c(C)c2C)c1. The molecule has 0 bridgehead atoms. The van der Waals surface area contributed by atoms with Gasteiger partial charge in [-0.25, -0.2) is 4.39 Å². The normalized spacial score (nSPS) is 12.6. The molecule has 2 heteroatoms. The molecule has 1 unspecified atom stereocenters. The number of rotatable bonds is 2. The van der Waals surface area contributed by atoms with Crippen molar-refractivity contribution < 1.29 is 4.39 Å². The molecule has 0 saturated carbocycles. The van der Waals surface area contributed by atoms with Crippen molar-refractivity contribution in [1.82, 2.24) is 0 Å². The highest BCUT2D eigenvalue weighted by atomic mass is 79.9. The largest absolute Gasteiger partial charge is 0.207 e. The summed E-state index contributed by atoms with van der Waals surface area (Å²) in [5.41, 5.74) is 9.77. The molecule has 0 fully saturated rings. The molecule has 0 aromatic heterocycles. The number of benzene rings is 2. The van der Waals surface area contributed by atoms with E-state index in [0.717, 1.165) is 11.1 Å². The molecule has 2 aromatic rings. The molecule has 0 aliphatic heterocycles. The van der Waals surface area contributed by atoms with Crippen molar-refractivity contribution in [3.8, 4) is 0 Å². The summed E-state index contributed by atoms with van der Waals surface area (Å²) in [6.45, 7) is 12.7. The van der Waals surface area contributed by atoms with Crippen LogP contribution >= 0.6 is 15.9 Å². The van der Waals surface area contributed by atoms with Crippen molar-refractivity contribution in [3.63, 3.8) is 0 Å². The highest BCUT2D eigenvalue weighted by Gasteiger charge is 2.20. The van der Waals surface area contributed by atoms with Crippen LogP contribution in [-0.2, 0) is 0 Å². The second-order valence-electron chi connectivity index (χ2n) is 5.96. The Balaban J connectivity index is 2.66. The molecule has 0 spiro atoms. The molecule has 0 N–H and O–H groups in total. The van der Waals surface area contributed by atoms with Crippen molar-refractivity contribution >= 4 is 15.9 Å². The van der Waals surface area contributed by atoms with Crippen molar-refractivity contribution in [2.75, 3.05) is 0 Å². The molecule has 0 saturated heterocycles. The van der Waals surface area contributed by atoms with Crippen molar-refractivity contribution in [2.24, 2.45) is 0 Å². The van der Waals surface area contributed by atoms with Gasteiger partial charge in [-0.1, -0.05) is 22.0 Å². The number of hydrogen-bond donors (Lipinski definition) is 0. The first-order valence-corrected chi connectivity index (χ1v) is 8.13. The van der Waals surface area contributed by atoms with E-state index in [1.54, 1.807) is 12.1 Å². The molecule has 0 amide bonds. The zero-order valence-electron chi connectivity index (χ0n) is 13.6. The van der Waals surface area contributed by atoms with Gasteiger partial charge in [0.05, 0.1) is 4.83 Å². The fourth-order valence-corrected chi connectivity index (χ4v) is 3.94. The standard InChI is InChI=1S/C19H22BrF/c1-10-7-16(9-17(21)8-10)19(20)18-14(5)12(3)11(2)13(4)15(18)6/h7-9,19H,1-6H3. The Bertz CT molecular complexity index is 652. The summed E-state index contributed by atoms with van der Waals surface area (Å²) in [6.07, 6.45) is 0. The average molecular weight is 349 g/mol. The molecule has 21 heavy (non-hydrogen) atoms. The Morgan fingerprint density at radius 3 is 1.71 bits per heavy atom. The van der Waals surface area contributed by atoms with Gasteiger partial charge in [-0.15, -0.1) is 0 Å². The van der Waals surface area contributed by atoms with Crippen LogP contribution < -0.4 is 0 Å². The molecule has 2 aromatic carbocycles. The van der Waals surface area contributed by atoms with E-state index < -0.39 is 0 Å². The predicted octanol–water partition coefficient (Wildman–Crippen LogP) is 6.16. The average Bonchev–Trinajstić information content (AvgIpc) is 2.42. The zero-order valence-corrected chi connectivity index (χ0v) is 15.2. The lowest BCUT2D eigenvalue weighted by atomic mass is 9.86. The molecule has 2 rings (SSSR count). The summed E-state index contributed by atoms with van der Waals surface area (Å²) < 4.78 is 13.7. The van der Waals surface area contributed by atoms with Crippen LogP contribution in [-0.4, -0.2) is 0 Å². The van der Waals surface area contributed by atoms with Gasteiger partial charge in [0, 0.05) is 0 Å². The molecular weight excluding hydrogens is 327 g/mol. The van der Waals surface area contributed by atoms with Crippen molar-refractivity contribution in [2.45, 2.75) is 46.4 Å². The number of hydrogen-bond acceptors (Lipinski definition) is 0. The number of alkyl halides is 1. The Hall–Kier alpha value is -1.15. The van der Waals surface area contributed by atoms with E-state index in [1.807, 2.05) is 13.0 Å². The quantitative estimate of drug-likeness (QED) is 0.570. The number of aryl methyl sites for hydroxylation is 1. The number of halogens is 2. The Morgan fingerprint density at radius 2 is 1.24 bits per heavy atom. The maximum absolute atomic E-state index is 13.7. The van der Waals surface area contributed by atoms with E-state index in [-0.39, 0.29) is 10.6 Å². The predicted molar refractivity (Wildman–Crippen MR) is 92.0 cm³/mol. The van der Waals surface area contributed by atoms with Crippen LogP contribution in [0.25, 0.3) is 0 Å². The van der Waals surface area contributed by atoms with Crippen molar-refractivity contribution in [3.05, 3.63) is 68.5 Å². The maximum Gasteiger partial charge on any atom is 0.123 e. The highest BCUT2D eigenvalue weighted by molar-refractivity contribution is 9.09. The molecule has 0 aliphatic carbocycles. The van der Waals surface area contributed by atoms with Gasteiger partial charge in [-0.2, -0.15) is 0 Å². The molecule has 0 radical (unpaired) electrons. The van der Waals surface area contributed by atoms with Gasteiger partial charge in [0.2, 0.25) is 0 Å². The summed E-state index contributed by atoms with van der Waals surface area (Å²) in [7, 11) is 0.